The molecule has 20 heavy (non-hydrogen) atoms. The van der Waals surface area contributed by atoms with Crippen LogP contribution in [-0.2, 0) is 6.54 Å². The number of nitrogens with zero attached hydrogens (tertiary/aromatic N) is 1. The van der Waals surface area contributed by atoms with E-state index in [0.717, 1.165) is 5.56 Å². The fourth-order valence-electron chi connectivity index (χ4n) is 1.85. The van der Waals surface area contributed by atoms with Crippen molar-refractivity contribution >= 4 is 17.5 Å². The molecule has 0 aromatic heterocycles. The Morgan fingerprint density at radius 3 is 2.55 bits per heavy atom. The van der Waals surface area contributed by atoms with Gasteiger partial charge in [-0.15, -0.1) is 0 Å². The monoisotopic (exact) mass is 272 g/mol. The maximum absolute atomic E-state index is 14.2. The van der Waals surface area contributed by atoms with Crippen LogP contribution in [0.2, 0.25) is 0 Å². The van der Waals surface area contributed by atoms with E-state index in [-0.39, 0.29) is 16.9 Å². The Morgan fingerprint density at radius 1 is 1.25 bits per heavy atom. The molecule has 4 nitrogen and oxygen atoms in total. The van der Waals surface area contributed by atoms with E-state index in [0.29, 0.717) is 6.54 Å². The van der Waals surface area contributed by atoms with Crippen molar-refractivity contribution in [3.8, 4) is 0 Å². The molecule has 0 saturated carbocycles. The first-order valence-corrected chi connectivity index (χ1v) is 6.00. The van der Waals surface area contributed by atoms with Gasteiger partial charge in [-0.25, -0.2) is 4.39 Å². The molecule has 0 spiro atoms. The average molecular weight is 272 g/mol. The zero-order chi connectivity index (χ0) is 14.5. The Bertz CT molecular complexity index is 642. The van der Waals surface area contributed by atoms with Gasteiger partial charge in [0.15, 0.2) is 11.5 Å². The highest BCUT2D eigenvalue weighted by atomic mass is 19.1. The van der Waals surface area contributed by atoms with Crippen LogP contribution >= 0.6 is 0 Å². The molecule has 2 aromatic rings. The molecule has 0 unspecified atom stereocenters. The van der Waals surface area contributed by atoms with Gasteiger partial charge >= 0.3 is 0 Å². The first kappa shape index (κ1) is 13.7. The van der Waals surface area contributed by atoms with Gasteiger partial charge in [-0.3, -0.25) is 10.1 Å². The summed E-state index contributed by atoms with van der Waals surface area (Å²) in [5.41, 5.74) is 0.733. The Hall–Kier alpha value is -2.69. The number of rotatable bonds is 5. The highest BCUT2D eigenvalue weighted by Crippen LogP contribution is 2.30. The highest BCUT2D eigenvalue weighted by molar-refractivity contribution is 5.68. The van der Waals surface area contributed by atoms with Gasteiger partial charge in [0.05, 0.1) is 4.92 Å². The molecule has 0 aliphatic rings. The zero-order valence-corrected chi connectivity index (χ0v) is 10.7. The number of hydrogen-bond acceptors (Lipinski definition) is 3. The average Bonchev–Trinajstić information content (AvgIpc) is 2.46. The quantitative estimate of drug-likeness (QED) is 0.661. The number of halogens is 1. The number of nitro groups is 1. The molecule has 0 aliphatic heterocycles. The Labute approximate surface area is 115 Å². The number of nitro benzene ring substituents is 1. The van der Waals surface area contributed by atoms with Crippen molar-refractivity contribution in [1.29, 1.82) is 0 Å². The van der Waals surface area contributed by atoms with Crippen LogP contribution < -0.4 is 5.32 Å². The predicted molar refractivity (Wildman–Crippen MR) is 76.9 cm³/mol. The van der Waals surface area contributed by atoms with Gasteiger partial charge < -0.3 is 5.32 Å². The molecule has 0 fully saturated rings. The minimum absolute atomic E-state index is 0.115. The molecule has 0 radical (unpaired) electrons. The van der Waals surface area contributed by atoms with Crippen LogP contribution in [0.4, 0.5) is 15.8 Å². The summed E-state index contributed by atoms with van der Waals surface area (Å²) >= 11 is 0. The van der Waals surface area contributed by atoms with E-state index >= 15 is 0 Å². The molecule has 2 rings (SSSR count). The van der Waals surface area contributed by atoms with Crippen LogP contribution in [0, 0.1) is 15.9 Å². The highest BCUT2D eigenvalue weighted by Gasteiger charge is 2.19. The molecule has 0 saturated heterocycles. The third-order valence-electron chi connectivity index (χ3n) is 2.88. The summed E-state index contributed by atoms with van der Waals surface area (Å²) in [6.45, 7) is 3.79. The van der Waals surface area contributed by atoms with Crippen LogP contribution in [-0.4, -0.2) is 4.92 Å². The topological polar surface area (TPSA) is 55.2 Å². The zero-order valence-electron chi connectivity index (χ0n) is 10.7. The van der Waals surface area contributed by atoms with Crippen LogP contribution in [0.3, 0.4) is 0 Å². The molecular weight excluding hydrogens is 259 g/mol. The van der Waals surface area contributed by atoms with Crippen molar-refractivity contribution in [3.63, 3.8) is 0 Å². The second-order valence-electron chi connectivity index (χ2n) is 4.16. The second-order valence-corrected chi connectivity index (χ2v) is 4.16. The number of anilines is 1. The molecular formula is C15H13FN2O2. The SMILES string of the molecule is C=Cc1ccc([N+](=O)[O-])c(NCc2ccccc2)c1F. The predicted octanol–water partition coefficient (Wildman–Crippen LogP) is 3.99. The minimum Gasteiger partial charge on any atom is -0.373 e. The lowest BCUT2D eigenvalue weighted by atomic mass is 10.1. The van der Waals surface area contributed by atoms with Gasteiger partial charge in [0.2, 0.25) is 0 Å². The van der Waals surface area contributed by atoms with E-state index in [1.807, 2.05) is 30.3 Å². The van der Waals surface area contributed by atoms with Crippen LogP contribution in [0.1, 0.15) is 11.1 Å². The second kappa shape index (κ2) is 5.97. The number of nitrogens with one attached hydrogen (secondary N) is 1. The molecule has 0 heterocycles. The molecule has 0 amide bonds. The maximum Gasteiger partial charge on any atom is 0.295 e. The smallest absolute Gasteiger partial charge is 0.295 e. The summed E-state index contributed by atoms with van der Waals surface area (Å²) in [4.78, 5) is 10.4. The third kappa shape index (κ3) is 2.83. The van der Waals surface area contributed by atoms with Gasteiger partial charge in [-0.05, 0) is 11.6 Å². The molecule has 102 valence electrons. The standard InChI is InChI=1S/C15H13FN2O2/c1-2-12-8-9-13(18(19)20)15(14(12)16)17-10-11-6-4-3-5-7-11/h2-9,17H,1,10H2. The summed E-state index contributed by atoms with van der Waals surface area (Å²) in [6, 6.07) is 11.9. The molecule has 0 bridgehead atoms. The maximum atomic E-state index is 14.2. The Balaban J connectivity index is 2.33. The normalized spacial score (nSPS) is 10.1. The Kier molecular flexibility index (Phi) is 4.10. The third-order valence-corrected chi connectivity index (χ3v) is 2.88. The Morgan fingerprint density at radius 2 is 1.95 bits per heavy atom. The summed E-state index contributed by atoms with van der Waals surface area (Å²) in [5.74, 6) is -0.662. The van der Waals surface area contributed by atoms with E-state index in [4.69, 9.17) is 0 Å². The van der Waals surface area contributed by atoms with E-state index in [1.54, 1.807) is 0 Å². The van der Waals surface area contributed by atoms with E-state index in [2.05, 4.69) is 11.9 Å². The molecule has 1 N–H and O–H groups in total. The molecule has 2 aromatic carbocycles. The molecule has 5 heteroatoms. The first-order chi connectivity index (χ1) is 9.63. The van der Waals surface area contributed by atoms with Gasteiger partial charge in [0.25, 0.3) is 5.69 Å². The van der Waals surface area contributed by atoms with Crippen LogP contribution in [0.15, 0.2) is 49.0 Å². The van der Waals surface area contributed by atoms with Crippen LogP contribution in [0.25, 0.3) is 6.08 Å². The van der Waals surface area contributed by atoms with Gasteiger partial charge in [0, 0.05) is 18.2 Å². The van der Waals surface area contributed by atoms with Crippen molar-refractivity contribution in [2.75, 3.05) is 5.32 Å². The lowest BCUT2D eigenvalue weighted by molar-refractivity contribution is -0.384. The van der Waals surface area contributed by atoms with Crippen molar-refractivity contribution in [1.82, 2.24) is 0 Å². The fourth-order valence-corrected chi connectivity index (χ4v) is 1.85. The van der Waals surface area contributed by atoms with Crippen molar-refractivity contribution in [3.05, 3.63) is 76.1 Å². The van der Waals surface area contributed by atoms with E-state index in [9.17, 15) is 14.5 Å². The first-order valence-electron chi connectivity index (χ1n) is 6.00. The van der Waals surface area contributed by atoms with E-state index in [1.165, 1.54) is 18.2 Å². The van der Waals surface area contributed by atoms with Crippen molar-refractivity contribution < 1.29 is 9.31 Å². The molecule has 0 atom stereocenters. The van der Waals surface area contributed by atoms with Gasteiger partial charge in [-0.1, -0.05) is 43.0 Å². The number of hydrogen-bond donors (Lipinski definition) is 1. The van der Waals surface area contributed by atoms with Gasteiger partial charge in [0.1, 0.15) is 0 Å². The largest absolute Gasteiger partial charge is 0.373 e. The molecule has 0 aliphatic carbocycles. The summed E-state index contributed by atoms with van der Waals surface area (Å²) in [5, 5.41) is 13.7. The lowest BCUT2D eigenvalue weighted by Crippen LogP contribution is -2.05. The van der Waals surface area contributed by atoms with Gasteiger partial charge in [-0.2, -0.15) is 0 Å². The fraction of sp³-hybridized carbons (Fsp3) is 0.0667. The number of benzene rings is 2. The van der Waals surface area contributed by atoms with E-state index < -0.39 is 10.7 Å². The summed E-state index contributed by atoms with van der Waals surface area (Å²) < 4.78 is 14.2. The van der Waals surface area contributed by atoms with Crippen molar-refractivity contribution in [2.45, 2.75) is 6.54 Å². The lowest BCUT2D eigenvalue weighted by Gasteiger charge is -2.10. The van der Waals surface area contributed by atoms with Crippen LogP contribution in [0.5, 0.6) is 0 Å². The summed E-state index contributed by atoms with van der Waals surface area (Å²) in [6.07, 6.45) is 1.33. The van der Waals surface area contributed by atoms with Crippen molar-refractivity contribution in [2.24, 2.45) is 0 Å². The minimum atomic E-state index is -0.662. The summed E-state index contributed by atoms with van der Waals surface area (Å²) in [7, 11) is 0.